The molecule has 0 fully saturated rings. The summed E-state index contributed by atoms with van der Waals surface area (Å²) in [5, 5.41) is 38.0. The third-order valence-corrected chi connectivity index (χ3v) is 12.5. The Bertz CT molecular complexity index is 2740. The summed E-state index contributed by atoms with van der Waals surface area (Å²) in [4.78, 5) is 124. The molecule has 0 aliphatic heterocycles. The molecule has 2 heterocycles. The van der Waals surface area contributed by atoms with Crippen molar-refractivity contribution in [2.45, 2.75) is 123 Å². The summed E-state index contributed by atoms with van der Waals surface area (Å²) in [6.07, 6.45) is 4.55. The van der Waals surface area contributed by atoms with E-state index in [1.807, 2.05) is 30.3 Å². The van der Waals surface area contributed by atoms with E-state index in [-0.39, 0.29) is 50.1 Å². The zero-order chi connectivity index (χ0) is 58.4. The number of nitrogens with zero attached hydrogens (tertiary/aromatic N) is 3. The molecule has 2 aromatic carbocycles. The number of aliphatic carboxylic acids is 1. The molecule has 0 saturated heterocycles. The van der Waals surface area contributed by atoms with Crippen LogP contribution in [0.25, 0.3) is 11.1 Å². The highest BCUT2D eigenvalue weighted by molar-refractivity contribution is 5.97. The van der Waals surface area contributed by atoms with Crippen LogP contribution in [0.5, 0.6) is 0 Å². The maximum Gasteiger partial charge on any atom is 0.305 e. The fraction of sp³-hybridized carbons (Fsp3) is 0.455. The first-order valence-corrected chi connectivity index (χ1v) is 25.9. The number of unbranched alkanes of at least 4 members (excludes halogenated alkanes) is 1. The predicted octanol–water partition coefficient (Wildman–Crippen LogP) is 1.74. The highest BCUT2D eigenvalue weighted by atomic mass is 19.1. The molecule has 0 spiro atoms. The van der Waals surface area contributed by atoms with Crippen molar-refractivity contribution >= 4 is 53.2 Å². The van der Waals surface area contributed by atoms with Crippen molar-refractivity contribution in [3.05, 3.63) is 114 Å². The summed E-state index contributed by atoms with van der Waals surface area (Å²) in [5.41, 5.74) is 6.76. The molecule has 79 heavy (non-hydrogen) atoms. The van der Waals surface area contributed by atoms with Gasteiger partial charge in [-0.3, -0.25) is 48.1 Å². The molecule has 0 aliphatic rings. The zero-order valence-electron chi connectivity index (χ0n) is 45.3. The molecule has 2 aromatic heterocycles. The number of hydrogen-bond acceptors (Lipinski definition) is 12. The van der Waals surface area contributed by atoms with Crippen LogP contribution in [0.2, 0.25) is 0 Å². The van der Waals surface area contributed by atoms with Crippen LogP contribution in [0.1, 0.15) is 96.5 Å². The molecular weight excluding hydrogens is 1030 g/mol. The smallest absolute Gasteiger partial charge is 0.305 e. The molecule has 11 N–H and O–H groups in total. The Morgan fingerprint density at radius 1 is 0.722 bits per heavy atom. The van der Waals surface area contributed by atoms with Gasteiger partial charge in [0.15, 0.2) is 0 Å². The van der Waals surface area contributed by atoms with Crippen LogP contribution in [-0.2, 0) is 56.1 Å². The number of carboxylic acid groups (broad SMARTS) is 1. The van der Waals surface area contributed by atoms with Gasteiger partial charge in [-0.1, -0.05) is 51.1 Å². The standard InChI is InChI=1S/C55H73F2N11O11/c1-33(62-46(71)26-36-17-21-59-22-18-36)50(75)63-34(2)51(76)66-44(29-48(73)74)54(79)65-43(53(78)61-24-23-60-52(77)42(64-35(3)70)14-10-11-20-58)19-25-68(47(72)32-69)49(55(4,5)6)45-27-38(40-28-39(56)15-16-41(40)57)31-67(45)30-37-12-8-7-9-13-37/h7-9,12-13,15-18,21-22,27-28,31,33-34,42-44,49,69H,10-11,14,19-20,23-26,29-30,32,58H2,1-6H3,(H,60,77)(H,61,78)(H,62,71)(H,63,75)(H,64,70)(H,65,79)(H,66,76)(H,73,74)/t33-,34+,42-,43-,44-,49-/m0/s1. The van der Waals surface area contributed by atoms with Crippen molar-refractivity contribution in [2.24, 2.45) is 11.1 Å². The number of nitrogens with two attached hydrogens (primary N) is 1. The van der Waals surface area contributed by atoms with Gasteiger partial charge in [0, 0.05) is 68.5 Å². The van der Waals surface area contributed by atoms with Gasteiger partial charge in [-0.15, -0.1) is 0 Å². The maximum absolute atomic E-state index is 15.4. The van der Waals surface area contributed by atoms with Crippen molar-refractivity contribution in [1.82, 2.24) is 51.7 Å². The number of benzene rings is 2. The first-order valence-electron chi connectivity index (χ1n) is 25.9. The molecular formula is C55H73F2N11O11. The Hall–Kier alpha value is -8.12. The molecule has 0 aliphatic carbocycles. The SMILES string of the molecule is CC(=O)N[C@@H](CCCCN)C(=O)NCCNC(=O)[C@H](CCN(C(=O)CO)[C@@H](c1cc(-c2cc(F)ccc2F)cn1Cc1ccccc1)C(C)(C)C)NC(=O)[C@H](CC(=O)O)NC(=O)[C@@H](C)NC(=O)[C@H](C)NC(=O)Cc1ccncc1. The van der Waals surface area contributed by atoms with E-state index >= 15 is 4.39 Å². The topological polar surface area (TPSA) is 325 Å². The van der Waals surface area contributed by atoms with E-state index in [4.69, 9.17) is 5.73 Å². The number of pyridine rings is 1. The van der Waals surface area contributed by atoms with E-state index < -0.39 is 126 Å². The van der Waals surface area contributed by atoms with Gasteiger partial charge >= 0.3 is 5.97 Å². The number of aliphatic hydroxyl groups excluding tert-OH is 1. The second-order valence-electron chi connectivity index (χ2n) is 20.1. The molecule has 6 atom stereocenters. The zero-order valence-corrected chi connectivity index (χ0v) is 45.3. The molecule has 0 radical (unpaired) electrons. The molecule has 24 heteroatoms. The minimum Gasteiger partial charge on any atom is -0.481 e. The lowest BCUT2D eigenvalue weighted by Gasteiger charge is -2.41. The first-order chi connectivity index (χ1) is 37.4. The molecule has 22 nitrogen and oxygen atoms in total. The van der Waals surface area contributed by atoms with Crippen molar-refractivity contribution in [3.63, 3.8) is 0 Å². The number of aromatic nitrogens is 2. The van der Waals surface area contributed by atoms with Gasteiger partial charge in [0.2, 0.25) is 47.3 Å². The third-order valence-electron chi connectivity index (χ3n) is 12.5. The second-order valence-corrected chi connectivity index (χ2v) is 20.1. The average molecular weight is 1100 g/mol. The van der Waals surface area contributed by atoms with Crippen LogP contribution < -0.4 is 43.0 Å². The predicted molar refractivity (Wildman–Crippen MR) is 287 cm³/mol. The summed E-state index contributed by atoms with van der Waals surface area (Å²) in [6.45, 7) is 8.06. The lowest BCUT2D eigenvalue weighted by Crippen LogP contribution is -2.58. The number of aliphatic hydroxyl groups is 1. The van der Waals surface area contributed by atoms with Crippen LogP contribution in [0.15, 0.2) is 85.3 Å². The van der Waals surface area contributed by atoms with Gasteiger partial charge in [0.25, 0.3) is 0 Å². The molecule has 0 bridgehead atoms. The number of amides is 8. The molecule has 4 aromatic rings. The van der Waals surface area contributed by atoms with Gasteiger partial charge in [0.1, 0.15) is 48.5 Å². The number of hydrogen-bond donors (Lipinski definition) is 10. The van der Waals surface area contributed by atoms with E-state index in [1.165, 1.54) is 38.1 Å². The Balaban J connectivity index is 1.66. The summed E-state index contributed by atoms with van der Waals surface area (Å²) < 4.78 is 31.8. The maximum atomic E-state index is 15.4. The molecule has 8 amide bonds. The Kier molecular flexibility index (Phi) is 24.7. The Morgan fingerprint density at radius 3 is 1.92 bits per heavy atom. The number of carbonyl (C=O) groups is 9. The third kappa shape index (κ3) is 20.3. The van der Waals surface area contributed by atoms with E-state index in [0.717, 1.165) is 23.8 Å². The van der Waals surface area contributed by atoms with Gasteiger partial charge in [0.05, 0.1) is 18.9 Å². The highest BCUT2D eigenvalue weighted by Gasteiger charge is 2.39. The minimum absolute atomic E-state index is 0.0644. The summed E-state index contributed by atoms with van der Waals surface area (Å²) >= 11 is 0. The van der Waals surface area contributed by atoms with Crippen LogP contribution >= 0.6 is 0 Å². The lowest BCUT2D eigenvalue weighted by molar-refractivity contribution is -0.142. The number of carbonyl (C=O) groups excluding carboxylic acids is 8. The number of halogens is 2. The Labute approximate surface area is 457 Å². The van der Waals surface area contributed by atoms with Crippen molar-refractivity contribution in [1.29, 1.82) is 0 Å². The fourth-order valence-electron chi connectivity index (χ4n) is 8.66. The van der Waals surface area contributed by atoms with Crippen molar-refractivity contribution < 1.29 is 62.1 Å². The summed E-state index contributed by atoms with van der Waals surface area (Å²) in [7, 11) is 0. The molecule has 428 valence electrons. The van der Waals surface area contributed by atoms with Gasteiger partial charge in [-0.25, -0.2) is 8.78 Å². The van der Waals surface area contributed by atoms with E-state index in [0.29, 0.717) is 30.6 Å². The Morgan fingerprint density at radius 2 is 1.33 bits per heavy atom. The van der Waals surface area contributed by atoms with Crippen LogP contribution in [0.3, 0.4) is 0 Å². The van der Waals surface area contributed by atoms with Crippen LogP contribution in [0, 0.1) is 17.0 Å². The van der Waals surface area contributed by atoms with E-state index in [9.17, 15) is 57.8 Å². The van der Waals surface area contributed by atoms with E-state index in [1.54, 1.807) is 49.7 Å². The van der Waals surface area contributed by atoms with Gasteiger partial charge in [-0.05, 0) is 99.0 Å². The summed E-state index contributed by atoms with van der Waals surface area (Å²) in [5.74, 6) is -9.11. The second kappa shape index (κ2) is 30.7. The molecule has 4 rings (SSSR count). The monoisotopic (exact) mass is 1100 g/mol. The number of nitrogens with one attached hydrogen (secondary N) is 7. The normalized spacial score (nSPS) is 13.5. The number of rotatable bonds is 30. The molecule has 0 unspecified atom stereocenters. The largest absolute Gasteiger partial charge is 0.481 e. The minimum atomic E-state index is -1.86. The fourth-order valence-corrected chi connectivity index (χ4v) is 8.66. The number of carboxylic acids is 1. The van der Waals surface area contributed by atoms with Gasteiger partial charge < -0.3 is 62.6 Å². The summed E-state index contributed by atoms with van der Waals surface area (Å²) in [6, 6.07) is 9.14. The quantitative estimate of drug-likeness (QED) is 0.0333. The van der Waals surface area contributed by atoms with Crippen LogP contribution in [0.4, 0.5) is 8.78 Å². The average Bonchev–Trinajstić information content (AvgIpc) is 3.91. The highest BCUT2D eigenvalue weighted by Crippen LogP contribution is 2.41. The van der Waals surface area contributed by atoms with Crippen molar-refractivity contribution in [3.8, 4) is 11.1 Å². The van der Waals surface area contributed by atoms with Crippen LogP contribution in [-0.4, -0.2) is 141 Å². The van der Waals surface area contributed by atoms with Crippen molar-refractivity contribution in [2.75, 3.05) is 32.8 Å². The van der Waals surface area contributed by atoms with E-state index in [2.05, 4.69) is 42.2 Å². The molecule has 0 saturated carbocycles. The van der Waals surface area contributed by atoms with Gasteiger partial charge in [-0.2, -0.15) is 0 Å². The lowest BCUT2D eigenvalue weighted by atomic mass is 9.82. The first kappa shape index (κ1) is 63.4.